The number of nitrogens with zero attached hydrogens (tertiary/aromatic N) is 3. The first-order valence-corrected chi connectivity index (χ1v) is 9.90. The van der Waals surface area contributed by atoms with Gasteiger partial charge in [0.1, 0.15) is 18.9 Å². The summed E-state index contributed by atoms with van der Waals surface area (Å²) < 4.78 is 4.48. The van der Waals surface area contributed by atoms with Crippen molar-refractivity contribution in [2.24, 2.45) is 0 Å². The van der Waals surface area contributed by atoms with Crippen molar-refractivity contribution in [1.29, 1.82) is 0 Å². The van der Waals surface area contributed by atoms with Crippen LogP contribution in [-0.4, -0.2) is 9.55 Å². The smallest absolute Gasteiger partial charge is 0.244 e. The lowest BCUT2D eigenvalue weighted by atomic mass is 10.1. The van der Waals surface area contributed by atoms with Gasteiger partial charge in [0.25, 0.3) is 0 Å². The molecule has 29 heavy (non-hydrogen) atoms. The molecule has 0 saturated heterocycles. The molecule has 0 radical (unpaired) electrons. The van der Waals surface area contributed by atoms with Crippen LogP contribution in [0.3, 0.4) is 0 Å². The van der Waals surface area contributed by atoms with Gasteiger partial charge in [0.05, 0.1) is 12.2 Å². The molecule has 0 unspecified atom stereocenters. The summed E-state index contributed by atoms with van der Waals surface area (Å²) in [5.74, 6) is 0. The maximum Gasteiger partial charge on any atom is 0.244 e. The number of aromatic nitrogens is 3. The van der Waals surface area contributed by atoms with Crippen molar-refractivity contribution in [3.05, 3.63) is 109 Å². The van der Waals surface area contributed by atoms with E-state index in [0.29, 0.717) is 0 Å². The Morgan fingerprint density at radius 1 is 0.862 bits per heavy atom. The van der Waals surface area contributed by atoms with Gasteiger partial charge >= 0.3 is 0 Å². The summed E-state index contributed by atoms with van der Waals surface area (Å²) in [5.41, 5.74) is 3.54. The molecule has 150 valence electrons. The monoisotopic (exact) mass is 449 g/mol. The number of benzene rings is 2. The summed E-state index contributed by atoms with van der Waals surface area (Å²) >= 11 is 0. The van der Waals surface area contributed by atoms with Crippen LogP contribution < -0.4 is 21.5 Å². The van der Waals surface area contributed by atoms with E-state index in [1.807, 2.05) is 42.6 Å². The summed E-state index contributed by atoms with van der Waals surface area (Å²) in [6.45, 7) is 4.31. The molecule has 0 N–H and O–H groups in total. The van der Waals surface area contributed by atoms with E-state index in [1.165, 1.54) is 18.4 Å². The van der Waals surface area contributed by atoms with Gasteiger partial charge in [0.2, 0.25) is 6.33 Å². The van der Waals surface area contributed by atoms with Crippen LogP contribution in [0, 0.1) is 0 Å². The molecule has 0 aliphatic carbocycles. The fourth-order valence-electron chi connectivity index (χ4n) is 2.94. The topological polar surface area (TPSA) is 21.7 Å². The van der Waals surface area contributed by atoms with Crippen molar-refractivity contribution < 1.29 is 21.5 Å². The first-order valence-electron chi connectivity index (χ1n) is 9.90. The Balaban J connectivity index is 0.000000207. The Labute approximate surface area is 184 Å². The molecule has 0 spiro atoms. The minimum absolute atomic E-state index is 0. The molecule has 0 saturated carbocycles. The van der Waals surface area contributed by atoms with Gasteiger partial charge in [-0.25, -0.2) is 9.13 Å². The van der Waals surface area contributed by atoms with E-state index in [2.05, 4.69) is 82.2 Å². The molecule has 4 rings (SSSR count). The zero-order valence-electron chi connectivity index (χ0n) is 16.9. The molecule has 2 heterocycles. The molecule has 2 aromatic carbocycles. The fraction of sp³-hybridized carbons (Fsp3) is 0.200. The van der Waals surface area contributed by atoms with Crippen molar-refractivity contribution in [3.63, 3.8) is 0 Å². The fourth-order valence-corrected chi connectivity index (χ4v) is 2.94. The minimum atomic E-state index is 0. The Morgan fingerprint density at radius 3 is 2.21 bits per heavy atom. The molecule has 0 aliphatic rings. The zero-order valence-corrected chi connectivity index (χ0v) is 18.4. The second kappa shape index (κ2) is 12.7. The van der Waals surface area contributed by atoms with Crippen LogP contribution in [0.25, 0.3) is 11.3 Å². The molecule has 0 fully saturated rings. The molecule has 0 aliphatic heterocycles. The summed E-state index contributed by atoms with van der Waals surface area (Å²) in [4.78, 5) is 4.25. The third kappa shape index (κ3) is 7.66. The van der Waals surface area contributed by atoms with Gasteiger partial charge < -0.3 is 17.0 Å². The van der Waals surface area contributed by atoms with Crippen LogP contribution in [0.1, 0.15) is 25.3 Å². The normalized spacial score (nSPS) is 9.83. The lowest BCUT2D eigenvalue weighted by Crippen LogP contribution is -3.00. The van der Waals surface area contributed by atoms with Crippen molar-refractivity contribution in [3.8, 4) is 11.3 Å². The van der Waals surface area contributed by atoms with Crippen molar-refractivity contribution >= 4 is 0 Å². The highest BCUT2D eigenvalue weighted by atomic mass is 79.9. The molecule has 4 aromatic rings. The molecule has 3 nitrogen and oxygen atoms in total. The standard InChI is InChI=1S/C14H19N2.C11H9N.BrH/c1-2-3-9-15-10-11-16(13-15)12-14-7-5-4-6-8-14;1-2-6-10(7-3-1)11-8-4-5-9-12-11;/h4-8,10-11,13H,2-3,9,12H2,1H3;1-9H;1H/q+1;;/p-1. The van der Waals surface area contributed by atoms with Gasteiger partial charge in [-0.2, -0.15) is 0 Å². The van der Waals surface area contributed by atoms with Crippen molar-refractivity contribution in [1.82, 2.24) is 9.55 Å². The van der Waals surface area contributed by atoms with Crippen molar-refractivity contribution in [2.45, 2.75) is 32.9 Å². The largest absolute Gasteiger partial charge is 1.00 e. The lowest BCUT2D eigenvalue weighted by Gasteiger charge is -1.97. The van der Waals surface area contributed by atoms with Gasteiger partial charge in [-0.05, 0) is 24.1 Å². The summed E-state index contributed by atoms with van der Waals surface area (Å²) in [7, 11) is 0. The average Bonchev–Trinajstić information content (AvgIpc) is 3.22. The minimum Gasteiger partial charge on any atom is -1.00 e. The predicted molar refractivity (Wildman–Crippen MR) is 115 cm³/mol. The van der Waals surface area contributed by atoms with Crippen LogP contribution >= 0.6 is 0 Å². The van der Waals surface area contributed by atoms with Gasteiger partial charge in [0, 0.05) is 11.8 Å². The Kier molecular flexibility index (Phi) is 9.87. The van der Waals surface area contributed by atoms with Crippen LogP contribution in [0.2, 0.25) is 0 Å². The second-order valence-electron chi connectivity index (χ2n) is 6.74. The summed E-state index contributed by atoms with van der Waals surface area (Å²) in [6.07, 6.45) is 10.8. The van der Waals surface area contributed by atoms with Crippen LogP contribution in [-0.2, 0) is 13.1 Å². The highest BCUT2D eigenvalue weighted by Crippen LogP contribution is 2.14. The quantitative estimate of drug-likeness (QED) is 0.414. The van der Waals surface area contributed by atoms with E-state index in [4.69, 9.17) is 0 Å². The van der Waals surface area contributed by atoms with E-state index >= 15 is 0 Å². The van der Waals surface area contributed by atoms with Crippen molar-refractivity contribution in [2.75, 3.05) is 0 Å². The molecular weight excluding hydrogens is 422 g/mol. The molecule has 0 atom stereocenters. The third-order valence-electron chi connectivity index (χ3n) is 4.46. The average molecular weight is 450 g/mol. The first kappa shape index (κ1) is 22.6. The van der Waals surface area contributed by atoms with Crippen LogP contribution in [0.5, 0.6) is 0 Å². The number of hydrogen-bond acceptors (Lipinski definition) is 1. The Morgan fingerprint density at radius 2 is 1.55 bits per heavy atom. The van der Waals surface area contributed by atoms with Crippen LogP contribution in [0.4, 0.5) is 0 Å². The van der Waals surface area contributed by atoms with Gasteiger partial charge in [-0.1, -0.05) is 80.1 Å². The SMILES string of the molecule is CCCCn1cc[n+](Cc2ccccc2)c1.[Br-].c1ccc(-c2ccccn2)cc1. The maximum atomic E-state index is 4.25. The number of unbranched alkanes of at least 4 members (excludes halogenated alkanes) is 1. The van der Waals surface area contributed by atoms with Gasteiger partial charge in [0.15, 0.2) is 0 Å². The summed E-state index contributed by atoms with van der Waals surface area (Å²) in [6, 6.07) is 26.6. The second-order valence-corrected chi connectivity index (χ2v) is 6.74. The number of pyridine rings is 1. The Bertz CT molecular complexity index is 884. The third-order valence-corrected chi connectivity index (χ3v) is 4.46. The number of halogens is 1. The van der Waals surface area contributed by atoms with E-state index in [9.17, 15) is 0 Å². The highest BCUT2D eigenvalue weighted by Gasteiger charge is 2.03. The molecular formula is C25H28BrN3. The number of imidazole rings is 1. The number of hydrogen-bond donors (Lipinski definition) is 0. The number of rotatable bonds is 6. The van der Waals surface area contributed by atoms with E-state index in [1.54, 1.807) is 0 Å². The highest BCUT2D eigenvalue weighted by molar-refractivity contribution is 5.58. The number of aryl methyl sites for hydroxylation is 1. The molecule has 2 aromatic heterocycles. The van der Waals surface area contributed by atoms with E-state index in [0.717, 1.165) is 24.3 Å². The van der Waals surface area contributed by atoms with E-state index < -0.39 is 0 Å². The van der Waals surface area contributed by atoms with Gasteiger partial charge in [-0.15, -0.1) is 0 Å². The maximum absolute atomic E-state index is 4.25. The molecule has 4 heteroatoms. The lowest BCUT2D eigenvalue weighted by molar-refractivity contribution is -0.687. The first-order chi connectivity index (χ1) is 13.8. The van der Waals surface area contributed by atoms with E-state index in [-0.39, 0.29) is 17.0 Å². The van der Waals surface area contributed by atoms with Gasteiger partial charge in [-0.3, -0.25) is 4.98 Å². The van der Waals surface area contributed by atoms with Crippen LogP contribution in [0.15, 0.2) is 104 Å². The molecule has 0 amide bonds. The zero-order chi connectivity index (χ0) is 19.4. The predicted octanol–water partition coefficient (Wildman–Crippen LogP) is 2.38. The molecule has 0 bridgehead atoms. The Hall–Kier alpha value is -2.72. The summed E-state index contributed by atoms with van der Waals surface area (Å²) in [5, 5.41) is 0.